The van der Waals surface area contributed by atoms with Crippen LogP contribution in [0.3, 0.4) is 0 Å². The zero-order chi connectivity index (χ0) is 19.8. The summed E-state index contributed by atoms with van der Waals surface area (Å²) in [6.45, 7) is 3.16. The molecule has 2 aromatic rings. The Hall–Kier alpha value is -2.64. The fourth-order valence-corrected chi connectivity index (χ4v) is 2.82. The van der Waals surface area contributed by atoms with E-state index < -0.39 is 17.8 Å². The summed E-state index contributed by atoms with van der Waals surface area (Å²) in [6, 6.07) is 7.54. The minimum Gasteiger partial charge on any atom is -0.326 e. The molecule has 144 valence electrons. The lowest BCUT2D eigenvalue weighted by molar-refractivity contribution is -0.141. The molecule has 1 atom stereocenters. The summed E-state index contributed by atoms with van der Waals surface area (Å²) in [4.78, 5) is 23.7. The van der Waals surface area contributed by atoms with Gasteiger partial charge in [0.1, 0.15) is 0 Å². The second kappa shape index (κ2) is 7.17. The van der Waals surface area contributed by atoms with E-state index in [4.69, 9.17) is 0 Å². The number of halogens is 3. The van der Waals surface area contributed by atoms with E-state index in [9.17, 15) is 22.8 Å². The number of nitrogens with one attached hydrogen (secondary N) is 1. The van der Waals surface area contributed by atoms with Gasteiger partial charge in [-0.15, -0.1) is 0 Å². The Labute approximate surface area is 154 Å². The number of alkyl halides is 3. The molecule has 3 rings (SSSR count). The quantitative estimate of drug-likeness (QED) is 0.763. The Morgan fingerprint density at radius 2 is 1.89 bits per heavy atom. The van der Waals surface area contributed by atoms with Crippen LogP contribution in [0.2, 0.25) is 0 Å². The van der Waals surface area contributed by atoms with E-state index in [1.807, 2.05) is 0 Å². The highest BCUT2D eigenvalue weighted by Gasteiger charge is 2.38. The van der Waals surface area contributed by atoms with Crippen LogP contribution >= 0.6 is 0 Å². The van der Waals surface area contributed by atoms with E-state index >= 15 is 0 Å². The third-order valence-electron chi connectivity index (χ3n) is 4.55. The summed E-state index contributed by atoms with van der Waals surface area (Å²) >= 11 is 0. The third-order valence-corrected chi connectivity index (χ3v) is 4.55. The monoisotopic (exact) mass is 379 g/mol. The minimum absolute atomic E-state index is 0.0687. The molecule has 5 nitrogen and oxygen atoms in total. The molecule has 8 heteroatoms. The number of aromatic nitrogens is 2. The second-order valence-electron chi connectivity index (χ2n) is 6.93. The highest BCUT2D eigenvalue weighted by Crippen LogP contribution is 2.42. The number of carbonyl (C=O) groups is 2. The molecule has 1 aromatic heterocycles. The Kier molecular flexibility index (Phi) is 5.08. The molecule has 27 heavy (non-hydrogen) atoms. The molecule has 1 aromatic carbocycles. The Balaban J connectivity index is 1.69. The van der Waals surface area contributed by atoms with Gasteiger partial charge in [0.25, 0.3) is 0 Å². The maximum Gasteiger partial charge on any atom is 0.435 e. The Bertz CT molecular complexity index is 852. The summed E-state index contributed by atoms with van der Waals surface area (Å²) < 4.78 is 40.2. The summed E-state index contributed by atoms with van der Waals surface area (Å²) in [5, 5.41) is 6.39. The summed E-state index contributed by atoms with van der Waals surface area (Å²) in [6.07, 6.45) is -2.82. The van der Waals surface area contributed by atoms with Gasteiger partial charge in [-0.25, -0.2) is 0 Å². The number of nitrogens with zero attached hydrogens (tertiary/aromatic N) is 2. The molecule has 0 spiro atoms. The lowest BCUT2D eigenvalue weighted by atomic mass is 10.1. The maximum atomic E-state index is 13.0. The lowest BCUT2D eigenvalue weighted by Crippen LogP contribution is -2.25. The van der Waals surface area contributed by atoms with Crippen LogP contribution in [0.5, 0.6) is 0 Å². The van der Waals surface area contributed by atoms with Crippen LogP contribution in [0, 0.1) is 5.92 Å². The number of benzene rings is 1. The van der Waals surface area contributed by atoms with Gasteiger partial charge < -0.3 is 5.32 Å². The van der Waals surface area contributed by atoms with E-state index in [0.717, 1.165) is 18.9 Å². The summed E-state index contributed by atoms with van der Waals surface area (Å²) in [5.74, 6) is -0.886. The van der Waals surface area contributed by atoms with E-state index in [-0.39, 0.29) is 24.2 Å². The number of hydrogen-bond donors (Lipinski definition) is 1. The SMILES string of the molecule is CC(=O)c1ccc(NC(=O)C(C)Cn2nc(C(F)(F)F)cc2C2CC2)cc1. The van der Waals surface area contributed by atoms with Crippen molar-refractivity contribution in [2.75, 3.05) is 5.32 Å². The van der Waals surface area contributed by atoms with Gasteiger partial charge in [-0.1, -0.05) is 6.92 Å². The molecule has 0 radical (unpaired) electrons. The van der Waals surface area contributed by atoms with Gasteiger partial charge in [0.2, 0.25) is 5.91 Å². The van der Waals surface area contributed by atoms with Crippen LogP contribution in [0.25, 0.3) is 0 Å². The van der Waals surface area contributed by atoms with Crippen molar-refractivity contribution >= 4 is 17.4 Å². The van der Waals surface area contributed by atoms with Crippen molar-refractivity contribution in [1.82, 2.24) is 9.78 Å². The molecule has 0 saturated heterocycles. The van der Waals surface area contributed by atoms with Crippen LogP contribution in [-0.4, -0.2) is 21.5 Å². The fraction of sp³-hybridized carbons (Fsp3) is 0.421. The predicted octanol–water partition coefficient (Wildman–Crippen LogP) is 4.26. The van der Waals surface area contributed by atoms with Crippen LogP contribution in [0.1, 0.15) is 54.4 Å². The van der Waals surface area contributed by atoms with E-state index in [1.54, 1.807) is 31.2 Å². The summed E-state index contributed by atoms with van der Waals surface area (Å²) in [7, 11) is 0. The molecule has 1 saturated carbocycles. The first-order valence-electron chi connectivity index (χ1n) is 8.72. The van der Waals surface area contributed by atoms with Gasteiger partial charge in [-0.05, 0) is 50.1 Å². The zero-order valence-electron chi connectivity index (χ0n) is 15.0. The molecule has 1 N–H and O–H groups in total. The highest BCUT2D eigenvalue weighted by molar-refractivity contribution is 5.96. The van der Waals surface area contributed by atoms with Gasteiger partial charge in [0.15, 0.2) is 11.5 Å². The molecule has 0 aliphatic heterocycles. The number of anilines is 1. The zero-order valence-corrected chi connectivity index (χ0v) is 15.0. The molecule has 1 aliphatic rings. The second-order valence-corrected chi connectivity index (χ2v) is 6.93. The molecule has 1 amide bonds. The number of carbonyl (C=O) groups excluding carboxylic acids is 2. The van der Waals surface area contributed by atoms with Crippen molar-refractivity contribution in [3.63, 3.8) is 0 Å². The molecule has 0 bridgehead atoms. The van der Waals surface area contributed by atoms with Crippen LogP contribution in [0.15, 0.2) is 30.3 Å². The third kappa shape index (κ3) is 4.56. The maximum absolute atomic E-state index is 13.0. The van der Waals surface area contributed by atoms with Gasteiger partial charge in [-0.2, -0.15) is 18.3 Å². The first-order valence-corrected chi connectivity index (χ1v) is 8.72. The van der Waals surface area contributed by atoms with Crippen molar-refractivity contribution < 1.29 is 22.8 Å². The number of Topliss-reactive ketones (excluding diaryl/α,β-unsaturated/α-hetero) is 1. The van der Waals surface area contributed by atoms with Crippen molar-refractivity contribution in [3.05, 3.63) is 47.3 Å². The topological polar surface area (TPSA) is 64.0 Å². The van der Waals surface area contributed by atoms with Crippen LogP contribution < -0.4 is 5.32 Å². The summed E-state index contributed by atoms with van der Waals surface area (Å²) in [5.41, 5.74) is 0.673. The normalized spacial score (nSPS) is 15.4. The average molecular weight is 379 g/mol. The van der Waals surface area contributed by atoms with Crippen molar-refractivity contribution in [3.8, 4) is 0 Å². The first-order chi connectivity index (χ1) is 12.6. The van der Waals surface area contributed by atoms with Gasteiger partial charge in [0.05, 0.1) is 12.5 Å². The average Bonchev–Trinajstić information content (AvgIpc) is 3.34. The van der Waals surface area contributed by atoms with Crippen molar-refractivity contribution in [2.24, 2.45) is 5.92 Å². The smallest absolute Gasteiger partial charge is 0.326 e. The molecule has 1 fully saturated rings. The minimum atomic E-state index is -4.50. The number of amides is 1. The van der Waals surface area contributed by atoms with Gasteiger partial charge >= 0.3 is 6.18 Å². The number of hydrogen-bond acceptors (Lipinski definition) is 3. The van der Waals surface area contributed by atoms with E-state index in [1.165, 1.54) is 11.6 Å². The molecular formula is C19H20F3N3O2. The predicted molar refractivity (Wildman–Crippen MR) is 93.4 cm³/mol. The molecule has 1 unspecified atom stereocenters. The number of rotatable bonds is 6. The van der Waals surface area contributed by atoms with Crippen molar-refractivity contribution in [1.29, 1.82) is 0 Å². The Morgan fingerprint density at radius 1 is 1.26 bits per heavy atom. The number of ketones is 1. The Morgan fingerprint density at radius 3 is 2.41 bits per heavy atom. The standard InChI is InChI=1S/C19H20F3N3O2/c1-11(18(27)23-15-7-5-13(6-8-15)12(2)26)10-25-16(14-3-4-14)9-17(24-25)19(20,21)22/h5-9,11,14H,3-4,10H2,1-2H3,(H,23,27). The van der Waals surface area contributed by atoms with Gasteiger partial charge in [-0.3, -0.25) is 14.3 Å². The molecule has 1 aliphatic carbocycles. The first kappa shape index (κ1) is 19.1. The van der Waals surface area contributed by atoms with E-state index in [0.29, 0.717) is 16.9 Å². The van der Waals surface area contributed by atoms with E-state index in [2.05, 4.69) is 10.4 Å². The lowest BCUT2D eigenvalue weighted by Gasteiger charge is -2.14. The molecular weight excluding hydrogens is 359 g/mol. The fourth-order valence-electron chi connectivity index (χ4n) is 2.82. The molecule has 1 heterocycles. The van der Waals surface area contributed by atoms with Crippen LogP contribution in [-0.2, 0) is 17.5 Å². The van der Waals surface area contributed by atoms with Gasteiger partial charge in [0, 0.05) is 22.9 Å². The van der Waals surface area contributed by atoms with Crippen LogP contribution in [0.4, 0.5) is 18.9 Å². The largest absolute Gasteiger partial charge is 0.435 e. The van der Waals surface area contributed by atoms with Crippen molar-refractivity contribution in [2.45, 2.75) is 45.3 Å². The highest BCUT2D eigenvalue weighted by atomic mass is 19.4.